The smallest absolute Gasteiger partial charge is 0.351 e. The molecule has 2 atom stereocenters. The number of nitrogens with one attached hydrogen (secondary N) is 2. The lowest BCUT2D eigenvalue weighted by Crippen LogP contribution is -2.47. The summed E-state index contributed by atoms with van der Waals surface area (Å²) in [5.41, 5.74) is 3.76. The molecule has 0 aliphatic carbocycles. The van der Waals surface area contributed by atoms with E-state index in [1.165, 1.54) is 6.20 Å². The zero-order valence-corrected chi connectivity index (χ0v) is 18.4. The number of halogens is 5. The van der Waals surface area contributed by atoms with E-state index >= 15 is 0 Å². The molecule has 36 heavy (non-hydrogen) atoms. The number of likely N-dealkylation sites (tertiary alicyclic amines) is 1. The number of hydrogen-bond acceptors (Lipinski definition) is 4. The fourth-order valence-corrected chi connectivity index (χ4v) is 4.02. The van der Waals surface area contributed by atoms with Gasteiger partial charge >= 0.3 is 18.2 Å². The molecule has 1 aliphatic heterocycles. The largest absolute Gasteiger partial charge is 0.436 e. The molecule has 4 N–H and O–H groups in total. The van der Waals surface area contributed by atoms with Crippen LogP contribution in [0.4, 0.5) is 37.2 Å². The minimum Gasteiger partial charge on any atom is -0.351 e. The molecule has 2 aromatic heterocycles. The van der Waals surface area contributed by atoms with Gasteiger partial charge in [0.05, 0.1) is 17.7 Å². The monoisotopic (exact) mass is 510 g/mol. The molecule has 14 heteroatoms. The van der Waals surface area contributed by atoms with Crippen LogP contribution in [-0.4, -0.2) is 51.2 Å². The molecule has 0 radical (unpaired) electrons. The van der Waals surface area contributed by atoms with Crippen LogP contribution in [0, 0.1) is 5.82 Å². The summed E-state index contributed by atoms with van der Waals surface area (Å²) in [4.78, 5) is 41.2. The zero-order valence-electron chi connectivity index (χ0n) is 18.4. The van der Waals surface area contributed by atoms with E-state index in [9.17, 15) is 36.3 Å². The summed E-state index contributed by atoms with van der Waals surface area (Å²) in [7, 11) is 0. The Balaban J connectivity index is 1.49. The van der Waals surface area contributed by atoms with Crippen LogP contribution in [0.5, 0.6) is 0 Å². The third kappa shape index (κ3) is 4.78. The van der Waals surface area contributed by atoms with Crippen LogP contribution >= 0.6 is 0 Å². The molecule has 0 unspecified atom stereocenters. The number of benzene rings is 1. The van der Waals surface area contributed by atoms with Gasteiger partial charge in [0.1, 0.15) is 12.2 Å². The van der Waals surface area contributed by atoms with Crippen molar-refractivity contribution < 1.29 is 36.3 Å². The number of para-hydroxylation sites is 1. The number of alkyl halides is 4. The van der Waals surface area contributed by atoms with E-state index in [1.54, 1.807) is 24.3 Å². The van der Waals surface area contributed by atoms with E-state index in [4.69, 9.17) is 5.73 Å². The molecule has 4 rings (SSSR count). The fourth-order valence-electron chi connectivity index (χ4n) is 4.02. The molecular weight excluding hydrogens is 491 g/mol. The van der Waals surface area contributed by atoms with Gasteiger partial charge in [-0.3, -0.25) is 9.36 Å². The van der Waals surface area contributed by atoms with Crippen LogP contribution < -0.4 is 16.4 Å². The number of urea groups is 1. The predicted octanol–water partition coefficient (Wildman–Crippen LogP) is 3.38. The van der Waals surface area contributed by atoms with Crippen LogP contribution in [0.25, 0.3) is 10.9 Å². The third-order valence-electron chi connectivity index (χ3n) is 5.70. The summed E-state index contributed by atoms with van der Waals surface area (Å²) in [6.45, 7) is -1.06. The summed E-state index contributed by atoms with van der Waals surface area (Å²) < 4.78 is 68.1. The van der Waals surface area contributed by atoms with Crippen molar-refractivity contribution in [2.24, 2.45) is 5.73 Å². The first-order valence-electron chi connectivity index (χ1n) is 10.6. The molecule has 1 fully saturated rings. The van der Waals surface area contributed by atoms with Gasteiger partial charge in [0.25, 0.3) is 0 Å². The number of rotatable bonds is 4. The number of primary amides is 1. The predicted molar refractivity (Wildman–Crippen MR) is 117 cm³/mol. The average Bonchev–Trinajstić information content (AvgIpc) is 3.38. The van der Waals surface area contributed by atoms with E-state index in [-0.39, 0.29) is 12.1 Å². The second-order valence-electron chi connectivity index (χ2n) is 8.05. The first-order chi connectivity index (χ1) is 17.0. The number of carbonyl (C=O) groups excluding carboxylic acids is 3. The second-order valence-corrected chi connectivity index (χ2v) is 8.05. The number of aromatic nitrogens is 2. The van der Waals surface area contributed by atoms with Gasteiger partial charge in [-0.1, -0.05) is 18.2 Å². The van der Waals surface area contributed by atoms with Crippen LogP contribution in [0.2, 0.25) is 0 Å². The van der Waals surface area contributed by atoms with Crippen LogP contribution in [0.3, 0.4) is 0 Å². The van der Waals surface area contributed by atoms with Crippen LogP contribution in [-0.2, 0) is 17.5 Å². The van der Waals surface area contributed by atoms with Gasteiger partial charge in [-0.15, -0.1) is 0 Å². The van der Waals surface area contributed by atoms with Crippen molar-refractivity contribution >= 4 is 34.6 Å². The first-order valence-corrected chi connectivity index (χ1v) is 10.6. The number of nitrogens with zero attached hydrogens (tertiary/aromatic N) is 3. The maximum atomic E-state index is 14.2. The summed E-state index contributed by atoms with van der Waals surface area (Å²) in [5.74, 6) is -2.52. The van der Waals surface area contributed by atoms with Crippen LogP contribution in [0.1, 0.15) is 17.7 Å². The quantitative estimate of drug-likeness (QED) is 0.466. The molecule has 4 amide bonds. The Labute approximate surface area is 200 Å². The first kappa shape index (κ1) is 24.9. The van der Waals surface area contributed by atoms with E-state index in [1.807, 2.05) is 0 Å². The minimum atomic E-state index is -5.02. The fraction of sp³-hybridized carbons (Fsp3) is 0.273. The molecule has 0 bridgehead atoms. The molecule has 1 aliphatic rings. The maximum absolute atomic E-state index is 14.2. The molecule has 3 heterocycles. The highest BCUT2D eigenvalue weighted by molar-refractivity contribution is 6.05. The van der Waals surface area contributed by atoms with E-state index in [2.05, 4.69) is 15.6 Å². The van der Waals surface area contributed by atoms with Gasteiger partial charge in [-0.05, 0) is 12.1 Å². The second kappa shape index (κ2) is 9.43. The lowest BCUT2D eigenvalue weighted by atomic mass is 10.1. The number of fused-ring (bicyclic) bond motifs is 1. The number of anilines is 1. The third-order valence-corrected chi connectivity index (χ3v) is 5.70. The number of amides is 4. The van der Waals surface area contributed by atoms with Gasteiger partial charge in [-0.25, -0.2) is 23.4 Å². The van der Waals surface area contributed by atoms with Crippen molar-refractivity contribution in [2.45, 2.75) is 31.4 Å². The molecule has 190 valence electrons. The van der Waals surface area contributed by atoms with Crippen molar-refractivity contribution in [3.8, 4) is 0 Å². The normalized spacial score (nSPS) is 17.9. The summed E-state index contributed by atoms with van der Waals surface area (Å²) >= 11 is 0. The molecule has 0 spiro atoms. The van der Waals surface area contributed by atoms with Crippen molar-refractivity contribution in [3.05, 3.63) is 59.8 Å². The lowest BCUT2D eigenvalue weighted by Gasteiger charge is -2.24. The van der Waals surface area contributed by atoms with Crippen LogP contribution in [0.15, 0.2) is 42.7 Å². The Hall–Kier alpha value is -4.23. The highest BCUT2D eigenvalue weighted by atomic mass is 19.4. The molecule has 1 saturated heterocycles. The van der Waals surface area contributed by atoms with E-state index in [0.29, 0.717) is 10.9 Å². The Kier molecular flexibility index (Phi) is 6.52. The number of pyridine rings is 1. The van der Waals surface area contributed by atoms with Crippen molar-refractivity contribution in [3.63, 3.8) is 0 Å². The molecule has 0 saturated carbocycles. The summed E-state index contributed by atoms with van der Waals surface area (Å²) in [5, 5.41) is 5.25. The van der Waals surface area contributed by atoms with Crippen molar-refractivity contribution in [1.29, 1.82) is 0 Å². The zero-order chi connectivity index (χ0) is 26.2. The molecule has 9 nitrogen and oxygen atoms in total. The van der Waals surface area contributed by atoms with Crippen molar-refractivity contribution in [1.82, 2.24) is 19.8 Å². The van der Waals surface area contributed by atoms with E-state index in [0.717, 1.165) is 21.7 Å². The highest BCUT2D eigenvalue weighted by Crippen LogP contribution is 2.31. The Morgan fingerprint density at radius 1 is 1.17 bits per heavy atom. The van der Waals surface area contributed by atoms with Gasteiger partial charge in [0.15, 0.2) is 11.5 Å². The number of hydrogen-bond donors (Lipinski definition) is 3. The molecule has 1 aromatic carbocycles. The summed E-state index contributed by atoms with van der Waals surface area (Å²) in [6.07, 6.45) is -4.90. The Bertz CT molecular complexity index is 1340. The van der Waals surface area contributed by atoms with Crippen molar-refractivity contribution in [2.75, 3.05) is 11.9 Å². The standard InChI is InChI=1S/C22H19F5N6O3/c23-12-7-16(19(34)30-8-11-5-6-29-18(17(11)24)22(25,26)27)33(9-12)21(36)31-14-10-32(20(28)35)15-4-2-1-3-13(14)15/h1-6,10,12,16H,7-9H2,(H2,28,35)(H,30,34)(H,31,36)/t12-,16+/m1/s1. The average molecular weight is 510 g/mol. The Morgan fingerprint density at radius 3 is 2.58 bits per heavy atom. The SMILES string of the molecule is NC(=O)n1cc(NC(=O)N2C[C@H](F)C[C@H]2C(=O)NCc2ccnc(C(F)(F)F)c2F)c2ccccc21. The van der Waals surface area contributed by atoms with Gasteiger partial charge in [0, 0.05) is 36.3 Å². The summed E-state index contributed by atoms with van der Waals surface area (Å²) in [6, 6.07) is 4.55. The van der Waals surface area contributed by atoms with E-state index < -0.39 is 66.5 Å². The number of nitrogens with two attached hydrogens (primary N) is 1. The lowest BCUT2D eigenvalue weighted by molar-refractivity contribution is -0.143. The topological polar surface area (TPSA) is 122 Å². The Morgan fingerprint density at radius 2 is 1.89 bits per heavy atom. The highest BCUT2D eigenvalue weighted by Gasteiger charge is 2.40. The number of carbonyl (C=O) groups is 3. The minimum absolute atomic E-state index is 0.189. The van der Waals surface area contributed by atoms with Gasteiger partial charge in [0.2, 0.25) is 5.91 Å². The molecule has 3 aromatic rings. The maximum Gasteiger partial charge on any atom is 0.436 e. The van der Waals surface area contributed by atoms with Gasteiger partial charge < -0.3 is 21.3 Å². The van der Waals surface area contributed by atoms with Gasteiger partial charge in [-0.2, -0.15) is 13.2 Å². The molecular formula is C22H19F5N6O3.